The summed E-state index contributed by atoms with van der Waals surface area (Å²) >= 11 is 6.47. The van der Waals surface area contributed by atoms with Crippen molar-refractivity contribution < 1.29 is 28.0 Å². The summed E-state index contributed by atoms with van der Waals surface area (Å²) in [6.07, 6.45) is 12.9. The number of rotatable bonds is 4. The summed E-state index contributed by atoms with van der Waals surface area (Å²) in [5, 5.41) is 4.39. The number of nitrogens with one attached hydrogen (secondary N) is 1. The lowest BCUT2D eigenvalue weighted by molar-refractivity contribution is -0.0286. The first-order chi connectivity index (χ1) is 25.6. The SMILES string of the molecule is CO[C@H]1/C=C\C[C@H](C)[C@@H](C)S(=O)(NC(=O)c2cnn(C3COC3)c2)=NC(=O)c2ccc3c(c2)N(C[C@@H]2CC[C@H]21)C[C@@]1(CCCc2cc(Cl)ccc21)CO3. The van der Waals surface area contributed by atoms with Gasteiger partial charge in [-0.15, -0.1) is 4.36 Å². The van der Waals surface area contributed by atoms with Gasteiger partial charge >= 0.3 is 0 Å². The van der Waals surface area contributed by atoms with Gasteiger partial charge in [0.05, 0.1) is 54.7 Å². The maximum Gasteiger partial charge on any atom is 0.286 e. The summed E-state index contributed by atoms with van der Waals surface area (Å²) in [5.41, 5.74) is 3.61. The molecular weight excluding hydrogens is 714 g/mol. The lowest BCUT2D eigenvalue weighted by Crippen LogP contribution is -2.49. The number of hydrogen-bond acceptors (Lipinski definition) is 8. The number of aromatic nitrogens is 2. The minimum atomic E-state index is -3.63. The quantitative estimate of drug-likeness (QED) is 0.297. The molecule has 53 heavy (non-hydrogen) atoms. The molecule has 1 unspecified atom stereocenters. The van der Waals surface area contributed by atoms with Crippen LogP contribution < -0.4 is 14.4 Å². The average Bonchev–Trinajstić information content (AvgIpc) is 3.53. The van der Waals surface area contributed by atoms with Crippen molar-refractivity contribution in [2.24, 2.45) is 22.1 Å². The molecule has 1 aromatic heterocycles. The number of carbonyl (C=O) groups excluding carboxylic acids is 2. The number of ether oxygens (including phenoxy) is 3. The van der Waals surface area contributed by atoms with Crippen molar-refractivity contribution in [3.8, 4) is 5.75 Å². The van der Waals surface area contributed by atoms with Crippen LogP contribution in [0.15, 0.2) is 65.3 Å². The van der Waals surface area contributed by atoms with E-state index < -0.39 is 27.0 Å². The predicted octanol–water partition coefficient (Wildman–Crippen LogP) is 6.56. The van der Waals surface area contributed by atoms with Gasteiger partial charge in [-0.05, 0) is 105 Å². The third-order valence-electron chi connectivity index (χ3n) is 12.4. The second-order valence-electron chi connectivity index (χ2n) is 15.6. The number of aryl methyl sites for hydroxylation is 1. The zero-order valence-electron chi connectivity index (χ0n) is 30.5. The number of hydrogen-bond donors (Lipinski definition) is 1. The first-order valence-electron chi connectivity index (χ1n) is 18.8. The van der Waals surface area contributed by atoms with Gasteiger partial charge in [0.25, 0.3) is 11.8 Å². The zero-order chi connectivity index (χ0) is 36.9. The fraction of sp³-hybridized carbons (Fsp3) is 0.525. The van der Waals surface area contributed by atoms with Crippen LogP contribution in [0.4, 0.5) is 5.69 Å². The van der Waals surface area contributed by atoms with Crippen LogP contribution in [0.3, 0.4) is 0 Å². The van der Waals surface area contributed by atoms with Crippen molar-refractivity contribution in [3.63, 3.8) is 0 Å². The van der Waals surface area contributed by atoms with Crippen molar-refractivity contribution in [1.29, 1.82) is 0 Å². The second kappa shape index (κ2) is 14.5. The molecule has 3 aromatic rings. The fourth-order valence-electron chi connectivity index (χ4n) is 8.71. The van der Waals surface area contributed by atoms with E-state index >= 15 is 0 Å². The second-order valence-corrected chi connectivity index (χ2v) is 18.3. The van der Waals surface area contributed by atoms with E-state index in [9.17, 15) is 13.8 Å². The summed E-state index contributed by atoms with van der Waals surface area (Å²) < 4.78 is 41.7. The van der Waals surface area contributed by atoms with Gasteiger partial charge in [0.1, 0.15) is 15.7 Å². The molecule has 5 aliphatic rings. The fourth-order valence-corrected chi connectivity index (χ4v) is 10.8. The van der Waals surface area contributed by atoms with E-state index in [4.69, 9.17) is 25.8 Å². The summed E-state index contributed by atoms with van der Waals surface area (Å²) in [4.78, 5) is 30.2. The van der Waals surface area contributed by atoms with Crippen molar-refractivity contribution in [3.05, 3.63) is 88.2 Å². The van der Waals surface area contributed by atoms with Gasteiger partial charge in [0.2, 0.25) is 0 Å². The van der Waals surface area contributed by atoms with Crippen LogP contribution in [0.25, 0.3) is 0 Å². The Balaban J connectivity index is 1.19. The van der Waals surface area contributed by atoms with Crippen molar-refractivity contribution in [2.45, 2.75) is 75.2 Å². The monoisotopic (exact) mass is 761 g/mol. The van der Waals surface area contributed by atoms with E-state index in [-0.39, 0.29) is 34.6 Å². The van der Waals surface area contributed by atoms with Gasteiger partial charge < -0.3 is 19.1 Å². The van der Waals surface area contributed by atoms with Crippen LogP contribution in [-0.4, -0.2) is 77.2 Å². The number of benzene rings is 2. The number of fused-ring (bicyclic) bond motifs is 4. The molecule has 2 bridgehead atoms. The smallest absolute Gasteiger partial charge is 0.286 e. The van der Waals surface area contributed by atoms with E-state index in [0.717, 1.165) is 49.4 Å². The van der Waals surface area contributed by atoms with Crippen LogP contribution in [-0.2, 0) is 31.2 Å². The Morgan fingerprint density at radius 3 is 2.75 bits per heavy atom. The van der Waals surface area contributed by atoms with E-state index in [1.807, 2.05) is 25.1 Å². The number of nitrogens with zero attached hydrogens (tertiary/aromatic N) is 4. The molecule has 1 N–H and O–H groups in total. The molecule has 0 radical (unpaired) electrons. The molecule has 8 rings (SSSR count). The van der Waals surface area contributed by atoms with Crippen LogP contribution in [0.2, 0.25) is 5.02 Å². The number of carbonyl (C=O) groups is 2. The van der Waals surface area contributed by atoms with Crippen molar-refractivity contribution in [2.75, 3.05) is 44.9 Å². The Kier molecular flexibility index (Phi) is 9.93. The average molecular weight is 762 g/mol. The number of methoxy groups -OCH3 is 1. The molecule has 2 amide bonds. The van der Waals surface area contributed by atoms with Gasteiger partial charge in [-0.3, -0.25) is 19.0 Å². The van der Waals surface area contributed by atoms with E-state index in [2.05, 4.69) is 43.4 Å². The molecule has 2 aromatic carbocycles. The van der Waals surface area contributed by atoms with Crippen molar-refractivity contribution >= 4 is 39.0 Å². The Bertz CT molecular complexity index is 2060. The first-order valence-corrected chi connectivity index (χ1v) is 20.8. The molecule has 11 nitrogen and oxygen atoms in total. The molecule has 1 saturated heterocycles. The van der Waals surface area contributed by atoms with Crippen molar-refractivity contribution in [1.82, 2.24) is 14.5 Å². The maximum absolute atomic E-state index is 14.9. The number of allylic oxidation sites excluding steroid dienone is 1. The summed E-state index contributed by atoms with van der Waals surface area (Å²) in [6, 6.07) is 11.6. The lowest BCUT2D eigenvalue weighted by Gasteiger charge is -2.46. The van der Waals surface area contributed by atoms with E-state index in [0.29, 0.717) is 50.4 Å². The molecule has 2 aliphatic carbocycles. The van der Waals surface area contributed by atoms with Crippen LogP contribution in [0.1, 0.15) is 83.8 Å². The Labute approximate surface area is 316 Å². The molecule has 3 aliphatic heterocycles. The van der Waals surface area contributed by atoms with Crippen LogP contribution >= 0.6 is 11.6 Å². The molecule has 1 spiro atoms. The molecule has 7 atom stereocenters. The molecule has 282 valence electrons. The van der Waals surface area contributed by atoms with Crippen LogP contribution in [0, 0.1) is 17.8 Å². The molecular formula is C40H48ClN5O6S. The van der Waals surface area contributed by atoms with E-state index in [1.165, 1.54) is 17.3 Å². The number of halogens is 1. The van der Waals surface area contributed by atoms with Gasteiger partial charge in [-0.2, -0.15) is 5.10 Å². The third kappa shape index (κ3) is 6.92. The summed E-state index contributed by atoms with van der Waals surface area (Å²) in [7, 11) is -1.86. The zero-order valence-corrected chi connectivity index (χ0v) is 32.1. The normalized spacial score (nSPS) is 32.2. The lowest BCUT2D eigenvalue weighted by atomic mass is 9.68. The Morgan fingerprint density at radius 1 is 1.15 bits per heavy atom. The first kappa shape index (κ1) is 36.3. The maximum atomic E-state index is 14.9. The highest BCUT2D eigenvalue weighted by molar-refractivity contribution is 7.93. The predicted molar refractivity (Wildman–Crippen MR) is 204 cm³/mol. The molecule has 4 heterocycles. The minimum Gasteiger partial charge on any atom is -0.490 e. The third-order valence-corrected chi connectivity index (χ3v) is 15.0. The standard InChI is InChI=1S/C40H48ClN5O6S/c1-25-6-4-8-36(50-3)33-12-9-29(33)19-45-23-40(15-5-7-27-16-31(41)11-13-34(27)40)24-52-37-14-10-28(17-35(37)45)38(47)43-53(49,26(25)2)44-39(48)30-18-42-46(20-30)32-21-51-22-32/h4,8,10-11,13-14,16-18,20,25-26,29,32-33,36H,5-7,9,12,15,19,21-24H2,1-3H3,(H,43,44,47,48,49)/b8-4-/t25-,26+,29-,33+,36-,40-,53?/m0/s1. The largest absolute Gasteiger partial charge is 0.490 e. The van der Waals surface area contributed by atoms with Gasteiger partial charge in [0, 0.05) is 42.4 Å². The topological polar surface area (TPSA) is 124 Å². The number of anilines is 1. The molecule has 1 saturated carbocycles. The summed E-state index contributed by atoms with van der Waals surface area (Å²) in [6.45, 7) is 6.77. The minimum absolute atomic E-state index is 0.0499. The summed E-state index contributed by atoms with van der Waals surface area (Å²) in [5.74, 6) is -0.0334. The molecule has 2 fully saturated rings. The van der Waals surface area contributed by atoms with Crippen LogP contribution in [0.5, 0.6) is 5.75 Å². The Hall–Kier alpha value is -3.71. The highest BCUT2D eigenvalue weighted by atomic mass is 35.5. The van der Waals surface area contributed by atoms with Gasteiger partial charge in [0.15, 0.2) is 0 Å². The molecule has 13 heteroatoms. The van der Waals surface area contributed by atoms with Gasteiger partial charge in [-0.1, -0.05) is 36.7 Å². The Morgan fingerprint density at radius 2 is 2.00 bits per heavy atom. The highest BCUT2D eigenvalue weighted by Gasteiger charge is 2.44. The number of amides is 2. The highest BCUT2D eigenvalue weighted by Crippen LogP contribution is 2.47. The van der Waals surface area contributed by atoms with E-state index in [1.54, 1.807) is 31.0 Å². The van der Waals surface area contributed by atoms with Gasteiger partial charge in [-0.25, -0.2) is 4.21 Å².